The zero-order valence-corrected chi connectivity index (χ0v) is 7.23. The molecule has 1 aromatic heterocycles. The van der Waals surface area contributed by atoms with Crippen LogP contribution in [0.25, 0.3) is 6.08 Å². The van der Waals surface area contributed by atoms with Gasteiger partial charge in [-0.05, 0) is 6.08 Å². The summed E-state index contributed by atoms with van der Waals surface area (Å²) in [5, 5.41) is 0.133. The van der Waals surface area contributed by atoms with E-state index in [2.05, 4.69) is 11.6 Å². The molecule has 64 valence electrons. The minimum absolute atomic E-state index is 0.126. The number of halogens is 2. The molecule has 1 heterocycles. The lowest BCUT2D eigenvalue weighted by Crippen LogP contribution is -1.92. The van der Waals surface area contributed by atoms with Crippen molar-refractivity contribution in [1.82, 2.24) is 4.98 Å². The predicted molar refractivity (Wildman–Crippen MR) is 45.8 cm³/mol. The van der Waals surface area contributed by atoms with Gasteiger partial charge in [-0.1, -0.05) is 18.2 Å². The van der Waals surface area contributed by atoms with Gasteiger partial charge in [0.1, 0.15) is 5.69 Å². The van der Waals surface area contributed by atoms with E-state index in [4.69, 9.17) is 16.3 Å². The fourth-order valence-electron chi connectivity index (χ4n) is 0.749. The van der Waals surface area contributed by atoms with Crippen LogP contribution < -0.4 is 4.74 Å². The van der Waals surface area contributed by atoms with E-state index < -0.39 is 5.82 Å². The van der Waals surface area contributed by atoms with Crippen molar-refractivity contribution in [3.63, 3.8) is 0 Å². The van der Waals surface area contributed by atoms with E-state index in [0.29, 0.717) is 0 Å². The first-order valence-corrected chi connectivity index (χ1v) is 3.59. The zero-order chi connectivity index (χ0) is 9.14. The Morgan fingerprint density at radius 2 is 2.42 bits per heavy atom. The van der Waals surface area contributed by atoms with Gasteiger partial charge in [0.25, 0.3) is 0 Å². The predicted octanol–water partition coefficient (Wildman–Crippen LogP) is 2.53. The molecule has 0 radical (unpaired) electrons. The van der Waals surface area contributed by atoms with Gasteiger partial charge in [0, 0.05) is 6.07 Å². The van der Waals surface area contributed by atoms with Gasteiger partial charge in [-0.15, -0.1) is 0 Å². The quantitative estimate of drug-likeness (QED) is 0.664. The highest BCUT2D eigenvalue weighted by Crippen LogP contribution is 2.24. The number of aromatic nitrogens is 1. The van der Waals surface area contributed by atoms with E-state index in [1.807, 2.05) is 0 Å². The van der Waals surface area contributed by atoms with Crippen LogP contribution in [0.1, 0.15) is 5.69 Å². The van der Waals surface area contributed by atoms with Crippen molar-refractivity contribution < 1.29 is 9.13 Å². The van der Waals surface area contributed by atoms with Crippen molar-refractivity contribution >= 4 is 17.7 Å². The minimum atomic E-state index is -0.494. The van der Waals surface area contributed by atoms with Gasteiger partial charge in [-0.25, -0.2) is 9.37 Å². The van der Waals surface area contributed by atoms with Crippen molar-refractivity contribution in [2.24, 2.45) is 0 Å². The molecule has 0 saturated heterocycles. The van der Waals surface area contributed by atoms with Gasteiger partial charge in [0.05, 0.1) is 7.11 Å². The second kappa shape index (κ2) is 3.54. The Hall–Kier alpha value is -1.09. The maximum atomic E-state index is 12.9. The third-order valence-corrected chi connectivity index (χ3v) is 1.61. The van der Waals surface area contributed by atoms with E-state index in [9.17, 15) is 4.39 Å². The summed E-state index contributed by atoms with van der Waals surface area (Å²) in [7, 11) is 1.40. The van der Waals surface area contributed by atoms with Gasteiger partial charge < -0.3 is 4.74 Å². The second-order valence-corrected chi connectivity index (χ2v) is 2.41. The molecule has 2 nitrogen and oxygen atoms in total. The SMILES string of the molecule is C=Cc1nc(Cl)c(OC)cc1F. The van der Waals surface area contributed by atoms with Gasteiger partial charge >= 0.3 is 0 Å². The van der Waals surface area contributed by atoms with Crippen LogP contribution in [-0.4, -0.2) is 12.1 Å². The van der Waals surface area contributed by atoms with Crippen LogP contribution in [-0.2, 0) is 0 Å². The van der Waals surface area contributed by atoms with E-state index in [1.165, 1.54) is 19.3 Å². The summed E-state index contributed by atoms with van der Waals surface area (Å²) < 4.78 is 17.7. The molecule has 0 aliphatic carbocycles. The van der Waals surface area contributed by atoms with E-state index >= 15 is 0 Å². The number of ether oxygens (including phenoxy) is 1. The van der Waals surface area contributed by atoms with Gasteiger partial charge in [0.2, 0.25) is 0 Å². The molecule has 0 fully saturated rings. The van der Waals surface area contributed by atoms with Crippen LogP contribution in [0.3, 0.4) is 0 Å². The van der Waals surface area contributed by atoms with E-state index in [-0.39, 0.29) is 16.6 Å². The number of methoxy groups -OCH3 is 1. The number of rotatable bonds is 2. The molecule has 0 atom stereocenters. The summed E-state index contributed by atoms with van der Waals surface area (Å²) in [5.41, 5.74) is 0.126. The minimum Gasteiger partial charge on any atom is -0.493 e. The zero-order valence-electron chi connectivity index (χ0n) is 6.47. The van der Waals surface area contributed by atoms with Crippen LogP contribution >= 0.6 is 11.6 Å². The van der Waals surface area contributed by atoms with E-state index in [0.717, 1.165) is 0 Å². The first-order chi connectivity index (χ1) is 5.69. The smallest absolute Gasteiger partial charge is 0.171 e. The molecule has 0 aromatic carbocycles. The monoisotopic (exact) mass is 187 g/mol. The molecule has 0 aliphatic heterocycles. The van der Waals surface area contributed by atoms with Crippen LogP contribution in [0.5, 0.6) is 5.75 Å². The maximum absolute atomic E-state index is 12.9. The molecule has 0 amide bonds. The summed E-state index contributed by atoms with van der Waals surface area (Å²) in [4.78, 5) is 3.71. The molecule has 12 heavy (non-hydrogen) atoms. The number of pyridine rings is 1. The summed E-state index contributed by atoms with van der Waals surface area (Å²) in [6.07, 6.45) is 1.29. The number of hydrogen-bond donors (Lipinski definition) is 0. The van der Waals surface area contributed by atoms with E-state index in [1.54, 1.807) is 0 Å². The summed E-state index contributed by atoms with van der Waals surface area (Å²) in [6, 6.07) is 1.17. The Morgan fingerprint density at radius 3 is 2.92 bits per heavy atom. The highest BCUT2D eigenvalue weighted by molar-refractivity contribution is 6.30. The lowest BCUT2D eigenvalue weighted by molar-refractivity contribution is 0.409. The molecule has 0 N–H and O–H groups in total. The largest absolute Gasteiger partial charge is 0.493 e. The van der Waals surface area contributed by atoms with Gasteiger partial charge in [0.15, 0.2) is 16.7 Å². The first kappa shape index (κ1) is 9.00. The highest BCUT2D eigenvalue weighted by atomic mass is 35.5. The lowest BCUT2D eigenvalue weighted by atomic mass is 10.3. The standard InChI is InChI=1S/C8H7ClFNO/c1-3-6-5(10)4-7(12-2)8(9)11-6/h3-4H,1H2,2H3. The summed E-state index contributed by atoms with van der Waals surface area (Å²) in [6.45, 7) is 3.39. The average molecular weight is 188 g/mol. The van der Waals surface area contributed by atoms with Crippen molar-refractivity contribution in [2.45, 2.75) is 0 Å². The van der Waals surface area contributed by atoms with Gasteiger partial charge in [-0.3, -0.25) is 0 Å². The highest BCUT2D eigenvalue weighted by Gasteiger charge is 2.07. The Labute approximate surface area is 74.6 Å². The Balaban J connectivity index is 3.25. The van der Waals surface area contributed by atoms with Crippen molar-refractivity contribution in [3.05, 3.63) is 29.3 Å². The molecular formula is C8H7ClFNO. The fourth-order valence-corrected chi connectivity index (χ4v) is 0.972. The van der Waals surface area contributed by atoms with Crippen molar-refractivity contribution in [2.75, 3.05) is 7.11 Å². The van der Waals surface area contributed by atoms with Crippen LogP contribution in [0, 0.1) is 5.82 Å². The third-order valence-electron chi connectivity index (χ3n) is 1.34. The van der Waals surface area contributed by atoms with Crippen LogP contribution in [0.15, 0.2) is 12.6 Å². The lowest BCUT2D eigenvalue weighted by Gasteiger charge is -2.03. The molecule has 0 saturated carbocycles. The average Bonchev–Trinajstić information content (AvgIpc) is 2.08. The Kier molecular flexibility index (Phi) is 2.65. The maximum Gasteiger partial charge on any atom is 0.171 e. The molecule has 0 spiro atoms. The third kappa shape index (κ3) is 1.56. The Morgan fingerprint density at radius 1 is 1.75 bits per heavy atom. The molecule has 0 unspecified atom stereocenters. The Bertz CT molecular complexity index is 314. The van der Waals surface area contributed by atoms with Crippen molar-refractivity contribution in [1.29, 1.82) is 0 Å². The second-order valence-electron chi connectivity index (χ2n) is 2.05. The summed E-state index contributed by atoms with van der Waals surface area (Å²) in [5.74, 6) is -0.272. The molecule has 1 aromatic rings. The molecular weight excluding hydrogens is 181 g/mol. The topological polar surface area (TPSA) is 22.1 Å². The normalized spacial score (nSPS) is 9.58. The summed E-state index contributed by atoms with van der Waals surface area (Å²) >= 11 is 5.63. The fraction of sp³-hybridized carbons (Fsp3) is 0.125. The number of nitrogens with zero attached hydrogens (tertiary/aromatic N) is 1. The molecule has 0 bridgehead atoms. The first-order valence-electron chi connectivity index (χ1n) is 3.21. The molecule has 1 rings (SSSR count). The molecule has 0 aliphatic rings. The van der Waals surface area contributed by atoms with Crippen LogP contribution in [0.2, 0.25) is 5.15 Å². The molecule has 4 heteroatoms. The van der Waals surface area contributed by atoms with Crippen LogP contribution in [0.4, 0.5) is 4.39 Å². The number of hydrogen-bond acceptors (Lipinski definition) is 2. The van der Waals surface area contributed by atoms with Crippen molar-refractivity contribution in [3.8, 4) is 5.75 Å². The van der Waals surface area contributed by atoms with Gasteiger partial charge in [-0.2, -0.15) is 0 Å².